The first kappa shape index (κ1) is 13.0. The molecular formula is C15H14O4. The van der Waals surface area contributed by atoms with E-state index in [0.717, 1.165) is 0 Å². The molecule has 0 fully saturated rings. The lowest BCUT2D eigenvalue weighted by Gasteiger charge is -2.12. The minimum absolute atomic E-state index is 0.0673. The van der Waals surface area contributed by atoms with Gasteiger partial charge in [-0.05, 0) is 29.8 Å². The molecule has 2 aromatic rings. The van der Waals surface area contributed by atoms with Crippen molar-refractivity contribution >= 4 is 5.78 Å². The first-order chi connectivity index (χ1) is 9.00. The van der Waals surface area contributed by atoms with Gasteiger partial charge in [0.1, 0.15) is 5.75 Å². The van der Waals surface area contributed by atoms with E-state index in [4.69, 9.17) is 0 Å². The topological polar surface area (TPSA) is 77.8 Å². The summed E-state index contributed by atoms with van der Waals surface area (Å²) in [7, 11) is 0. The van der Waals surface area contributed by atoms with Crippen LogP contribution in [0.2, 0.25) is 0 Å². The highest BCUT2D eigenvalue weighted by atomic mass is 16.3. The molecule has 0 aromatic heterocycles. The van der Waals surface area contributed by atoms with Crippen LogP contribution in [-0.2, 0) is 0 Å². The number of phenolic OH excluding ortho intramolecular Hbond substituents is 3. The Morgan fingerprint density at radius 3 is 2.26 bits per heavy atom. The van der Waals surface area contributed by atoms with Gasteiger partial charge in [-0.3, -0.25) is 4.79 Å². The minimum Gasteiger partial charge on any atom is -0.507 e. The van der Waals surface area contributed by atoms with E-state index < -0.39 is 5.92 Å². The predicted molar refractivity (Wildman–Crippen MR) is 70.6 cm³/mol. The second-order valence-corrected chi connectivity index (χ2v) is 4.35. The first-order valence-electron chi connectivity index (χ1n) is 5.85. The summed E-state index contributed by atoms with van der Waals surface area (Å²) in [6.45, 7) is 1.68. The lowest BCUT2D eigenvalue weighted by molar-refractivity contribution is 0.0963. The molecule has 4 heteroatoms. The smallest absolute Gasteiger partial charge is 0.173 e. The molecule has 3 N–H and O–H groups in total. The molecule has 0 spiro atoms. The van der Waals surface area contributed by atoms with Crippen molar-refractivity contribution in [3.63, 3.8) is 0 Å². The van der Waals surface area contributed by atoms with Crippen molar-refractivity contribution in [3.8, 4) is 17.2 Å². The fourth-order valence-corrected chi connectivity index (χ4v) is 1.88. The Morgan fingerprint density at radius 1 is 0.947 bits per heavy atom. The fraction of sp³-hybridized carbons (Fsp3) is 0.133. The molecule has 19 heavy (non-hydrogen) atoms. The third-order valence-corrected chi connectivity index (χ3v) is 3.06. The van der Waals surface area contributed by atoms with Crippen LogP contribution in [0.1, 0.15) is 28.8 Å². The van der Waals surface area contributed by atoms with Gasteiger partial charge in [0.05, 0.1) is 5.56 Å². The summed E-state index contributed by atoms with van der Waals surface area (Å²) < 4.78 is 0. The van der Waals surface area contributed by atoms with Gasteiger partial charge in [0.2, 0.25) is 0 Å². The Kier molecular flexibility index (Phi) is 3.42. The maximum atomic E-state index is 12.3. The number of Topliss-reactive ketones (excluding diaryl/α,β-unsaturated/α-hetero) is 1. The van der Waals surface area contributed by atoms with E-state index in [2.05, 4.69) is 0 Å². The van der Waals surface area contributed by atoms with Gasteiger partial charge < -0.3 is 15.3 Å². The maximum absolute atomic E-state index is 12.3. The van der Waals surface area contributed by atoms with Crippen molar-refractivity contribution in [2.45, 2.75) is 12.8 Å². The lowest BCUT2D eigenvalue weighted by Crippen LogP contribution is -2.09. The molecule has 0 aliphatic heterocycles. The van der Waals surface area contributed by atoms with Crippen LogP contribution in [0.15, 0.2) is 42.5 Å². The van der Waals surface area contributed by atoms with E-state index >= 15 is 0 Å². The van der Waals surface area contributed by atoms with Gasteiger partial charge in [-0.1, -0.05) is 25.1 Å². The molecule has 4 nitrogen and oxygen atoms in total. The molecule has 0 saturated heterocycles. The molecule has 0 radical (unpaired) electrons. The van der Waals surface area contributed by atoms with E-state index in [-0.39, 0.29) is 28.6 Å². The number of rotatable bonds is 3. The Balaban J connectivity index is 2.34. The average Bonchev–Trinajstić information content (AvgIpc) is 2.41. The summed E-state index contributed by atoms with van der Waals surface area (Å²) in [5, 5.41) is 28.4. The average molecular weight is 258 g/mol. The van der Waals surface area contributed by atoms with Crippen molar-refractivity contribution in [3.05, 3.63) is 53.6 Å². The molecule has 0 saturated carbocycles. The molecule has 1 atom stereocenters. The second kappa shape index (κ2) is 5.02. The lowest BCUT2D eigenvalue weighted by atomic mass is 9.91. The zero-order chi connectivity index (χ0) is 14.0. The van der Waals surface area contributed by atoms with Crippen LogP contribution in [0.4, 0.5) is 0 Å². The molecule has 0 aliphatic rings. The van der Waals surface area contributed by atoms with Crippen LogP contribution in [0.5, 0.6) is 17.2 Å². The van der Waals surface area contributed by atoms with Crippen molar-refractivity contribution in [1.82, 2.24) is 0 Å². The largest absolute Gasteiger partial charge is 0.507 e. The Labute approximate surface area is 110 Å². The van der Waals surface area contributed by atoms with Crippen molar-refractivity contribution in [2.75, 3.05) is 0 Å². The summed E-state index contributed by atoms with van der Waals surface area (Å²) in [6, 6.07) is 10.6. The highest BCUT2D eigenvalue weighted by Crippen LogP contribution is 2.31. The highest BCUT2D eigenvalue weighted by molar-refractivity contribution is 6.02. The molecule has 0 heterocycles. The Hall–Kier alpha value is -2.49. The molecule has 0 bridgehead atoms. The van der Waals surface area contributed by atoms with Crippen LogP contribution < -0.4 is 0 Å². The fourth-order valence-electron chi connectivity index (χ4n) is 1.88. The monoisotopic (exact) mass is 258 g/mol. The van der Waals surface area contributed by atoms with E-state index in [1.54, 1.807) is 31.2 Å². The van der Waals surface area contributed by atoms with Crippen LogP contribution in [0.25, 0.3) is 0 Å². The summed E-state index contributed by atoms with van der Waals surface area (Å²) in [5.74, 6) is -1.34. The summed E-state index contributed by atoms with van der Waals surface area (Å²) in [4.78, 5) is 12.3. The third-order valence-electron chi connectivity index (χ3n) is 3.06. The van der Waals surface area contributed by atoms with Crippen molar-refractivity contribution < 1.29 is 20.1 Å². The first-order valence-corrected chi connectivity index (χ1v) is 5.85. The van der Waals surface area contributed by atoms with Crippen molar-refractivity contribution in [2.24, 2.45) is 0 Å². The normalized spacial score (nSPS) is 12.1. The van der Waals surface area contributed by atoms with Gasteiger partial charge in [0.15, 0.2) is 17.3 Å². The third kappa shape index (κ3) is 2.52. The zero-order valence-corrected chi connectivity index (χ0v) is 10.4. The molecule has 0 aliphatic carbocycles. The summed E-state index contributed by atoms with van der Waals surface area (Å²) >= 11 is 0. The number of para-hydroxylation sites is 1. The van der Waals surface area contributed by atoms with Gasteiger partial charge in [0, 0.05) is 5.92 Å². The summed E-state index contributed by atoms with van der Waals surface area (Å²) in [5.41, 5.74) is 0.811. The van der Waals surface area contributed by atoms with Gasteiger partial charge in [0.25, 0.3) is 0 Å². The number of hydrogen-bond acceptors (Lipinski definition) is 4. The minimum atomic E-state index is -0.528. The highest BCUT2D eigenvalue weighted by Gasteiger charge is 2.20. The van der Waals surface area contributed by atoms with Crippen molar-refractivity contribution in [1.29, 1.82) is 0 Å². The van der Waals surface area contributed by atoms with Gasteiger partial charge in [-0.15, -0.1) is 0 Å². The van der Waals surface area contributed by atoms with Gasteiger partial charge >= 0.3 is 0 Å². The molecule has 0 amide bonds. The second-order valence-electron chi connectivity index (χ2n) is 4.35. The van der Waals surface area contributed by atoms with Crippen LogP contribution in [0, 0.1) is 0 Å². The molecule has 2 aromatic carbocycles. The number of aromatic hydroxyl groups is 3. The van der Waals surface area contributed by atoms with Gasteiger partial charge in [-0.2, -0.15) is 0 Å². The van der Waals surface area contributed by atoms with E-state index in [1.165, 1.54) is 18.2 Å². The van der Waals surface area contributed by atoms with Crippen LogP contribution in [0.3, 0.4) is 0 Å². The number of ketones is 1. The molecular weight excluding hydrogens is 244 g/mol. The summed E-state index contributed by atoms with van der Waals surface area (Å²) in [6.07, 6.45) is 0. The van der Waals surface area contributed by atoms with Crippen LogP contribution in [-0.4, -0.2) is 21.1 Å². The number of benzene rings is 2. The quantitative estimate of drug-likeness (QED) is 0.584. The molecule has 98 valence electrons. The SMILES string of the molecule is CC(C(=O)c1ccccc1O)c1ccc(O)c(O)c1. The van der Waals surface area contributed by atoms with E-state index in [9.17, 15) is 20.1 Å². The number of carbonyl (C=O) groups is 1. The van der Waals surface area contributed by atoms with Crippen LogP contribution >= 0.6 is 0 Å². The van der Waals surface area contributed by atoms with E-state index in [0.29, 0.717) is 5.56 Å². The predicted octanol–water partition coefficient (Wildman–Crippen LogP) is 2.79. The maximum Gasteiger partial charge on any atom is 0.173 e. The number of hydrogen-bond donors (Lipinski definition) is 3. The van der Waals surface area contributed by atoms with E-state index in [1.807, 2.05) is 0 Å². The Morgan fingerprint density at radius 2 is 1.63 bits per heavy atom. The Bertz CT molecular complexity index is 619. The zero-order valence-electron chi connectivity index (χ0n) is 10.4. The number of phenols is 3. The standard InChI is InChI=1S/C15H14O4/c1-9(10-6-7-13(17)14(18)8-10)15(19)11-4-2-3-5-12(11)16/h2-9,16-18H,1H3. The van der Waals surface area contributed by atoms with Gasteiger partial charge in [-0.25, -0.2) is 0 Å². The number of carbonyl (C=O) groups excluding carboxylic acids is 1. The molecule has 1 unspecified atom stereocenters. The molecule has 2 rings (SSSR count).